The van der Waals surface area contributed by atoms with Gasteiger partial charge in [0, 0.05) is 17.5 Å². The molecule has 0 unspecified atom stereocenters. The molecular weight excluding hydrogens is 204 g/mol. The molecule has 0 aromatic heterocycles. The number of hydrogen-bond acceptors (Lipinski definition) is 3. The zero-order valence-corrected chi connectivity index (χ0v) is 9.77. The fourth-order valence-corrected chi connectivity index (χ4v) is 2.43. The van der Waals surface area contributed by atoms with Gasteiger partial charge in [-0.15, -0.1) is 0 Å². The van der Waals surface area contributed by atoms with Crippen LogP contribution >= 0.6 is 0 Å². The summed E-state index contributed by atoms with van der Waals surface area (Å²) < 4.78 is 10.5. The van der Waals surface area contributed by atoms with Gasteiger partial charge in [-0.2, -0.15) is 0 Å². The lowest BCUT2D eigenvalue weighted by atomic mass is 9.95. The second-order valence-corrected chi connectivity index (χ2v) is 4.21. The molecule has 1 aromatic rings. The zero-order chi connectivity index (χ0) is 11.5. The average Bonchev–Trinajstić information content (AvgIpc) is 2.74. The number of hydrogen-bond donors (Lipinski definition) is 1. The summed E-state index contributed by atoms with van der Waals surface area (Å²) in [5.74, 6) is 1.80. The van der Waals surface area contributed by atoms with E-state index in [4.69, 9.17) is 9.47 Å². The van der Waals surface area contributed by atoms with Crippen LogP contribution in [0.3, 0.4) is 0 Å². The molecule has 1 aliphatic carbocycles. The molecule has 0 bridgehead atoms. The Morgan fingerprint density at radius 2 is 2.00 bits per heavy atom. The van der Waals surface area contributed by atoms with Crippen molar-refractivity contribution in [3.63, 3.8) is 0 Å². The van der Waals surface area contributed by atoms with Crippen LogP contribution in [0.4, 0.5) is 0 Å². The molecule has 0 amide bonds. The van der Waals surface area contributed by atoms with Crippen molar-refractivity contribution in [2.45, 2.75) is 31.3 Å². The van der Waals surface area contributed by atoms with Crippen molar-refractivity contribution in [3.8, 4) is 11.5 Å². The van der Waals surface area contributed by atoms with Gasteiger partial charge in [0.1, 0.15) is 11.5 Å². The molecule has 0 aliphatic heterocycles. The minimum absolute atomic E-state index is 0.209. The first kappa shape index (κ1) is 11.3. The van der Waals surface area contributed by atoms with Crippen molar-refractivity contribution in [2.75, 3.05) is 14.2 Å². The lowest BCUT2D eigenvalue weighted by Crippen LogP contribution is -2.12. The summed E-state index contributed by atoms with van der Waals surface area (Å²) in [4.78, 5) is 0. The average molecular weight is 222 g/mol. The van der Waals surface area contributed by atoms with E-state index in [9.17, 15) is 5.11 Å². The third-order valence-electron chi connectivity index (χ3n) is 3.32. The Morgan fingerprint density at radius 3 is 2.56 bits per heavy atom. The SMILES string of the molecule is COc1ccc([C@H]2CCC[C@@H]2O)c(OC)c1. The molecule has 2 rings (SSSR count). The Morgan fingerprint density at radius 1 is 1.19 bits per heavy atom. The molecule has 88 valence electrons. The highest BCUT2D eigenvalue weighted by Crippen LogP contribution is 2.40. The smallest absolute Gasteiger partial charge is 0.126 e. The van der Waals surface area contributed by atoms with E-state index in [0.717, 1.165) is 36.3 Å². The molecule has 1 N–H and O–H groups in total. The molecule has 16 heavy (non-hydrogen) atoms. The van der Waals surface area contributed by atoms with Crippen LogP contribution in [0, 0.1) is 0 Å². The quantitative estimate of drug-likeness (QED) is 0.853. The van der Waals surface area contributed by atoms with E-state index < -0.39 is 0 Å². The second-order valence-electron chi connectivity index (χ2n) is 4.21. The van der Waals surface area contributed by atoms with Crippen LogP contribution in [0.2, 0.25) is 0 Å². The molecule has 0 heterocycles. The number of aliphatic hydroxyl groups excluding tert-OH is 1. The summed E-state index contributed by atoms with van der Waals surface area (Å²) in [6.07, 6.45) is 2.77. The largest absolute Gasteiger partial charge is 0.497 e. The number of methoxy groups -OCH3 is 2. The highest BCUT2D eigenvalue weighted by atomic mass is 16.5. The van der Waals surface area contributed by atoms with Gasteiger partial charge in [-0.25, -0.2) is 0 Å². The van der Waals surface area contributed by atoms with Crippen molar-refractivity contribution >= 4 is 0 Å². The Bertz CT molecular complexity index is 362. The van der Waals surface area contributed by atoms with E-state index >= 15 is 0 Å². The van der Waals surface area contributed by atoms with Crippen LogP contribution in [-0.2, 0) is 0 Å². The van der Waals surface area contributed by atoms with Crippen LogP contribution in [0.5, 0.6) is 11.5 Å². The van der Waals surface area contributed by atoms with Gasteiger partial charge in [-0.3, -0.25) is 0 Å². The molecule has 1 aromatic carbocycles. The summed E-state index contributed by atoms with van der Waals surface area (Å²) in [5, 5.41) is 9.90. The van der Waals surface area contributed by atoms with Crippen molar-refractivity contribution < 1.29 is 14.6 Å². The van der Waals surface area contributed by atoms with Crippen LogP contribution in [-0.4, -0.2) is 25.4 Å². The predicted molar refractivity (Wildman–Crippen MR) is 62.1 cm³/mol. The molecule has 1 fully saturated rings. The first-order valence-corrected chi connectivity index (χ1v) is 5.66. The third kappa shape index (κ3) is 2.00. The Balaban J connectivity index is 2.32. The van der Waals surface area contributed by atoms with Gasteiger partial charge in [0.05, 0.1) is 20.3 Å². The van der Waals surface area contributed by atoms with Gasteiger partial charge < -0.3 is 14.6 Å². The van der Waals surface area contributed by atoms with Crippen molar-refractivity contribution in [1.29, 1.82) is 0 Å². The monoisotopic (exact) mass is 222 g/mol. The molecular formula is C13H18O3. The van der Waals surface area contributed by atoms with Gasteiger partial charge in [-0.1, -0.05) is 12.5 Å². The van der Waals surface area contributed by atoms with E-state index in [1.165, 1.54) is 0 Å². The maximum absolute atomic E-state index is 9.90. The van der Waals surface area contributed by atoms with Gasteiger partial charge in [0.15, 0.2) is 0 Å². The lowest BCUT2D eigenvalue weighted by Gasteiger charge is -2.18. The predicted octanol–water partition coefficient (Wildman–Crippen LogP) is 2.33. The van der Waals surface area contributed by atoms with E-state index in [-0.39, 0.29) is 12.0 Å². The molecule has 0 radical (unpaired) electrons. The van der Waals surface area contributed by atoms with E-state index in [1.54, 1.807) is 14.2 Å². The Kier molecular flexibility index (Phi) is 3.34. The van der Waals surface area contributed by atoms with Gasteiger partial charge in [0.2, 0.25) is 0 Å². The fourth-order valence-electron chi connectivity index (χ4n) is 2.43. The zero-order valence-electron chi connectivity index (χ0n) is 9.77. The van der Waals surface area contributed by atoms with E-state index in [2.05, 4.69) is 0 Å². The van der Waals surface area contributed by atoms with Crippen LogP contribution in [0.25, 0.3) is 0 Å². The number of ether oxygens (including phenoxy) is 2. The minimum Gasteiger partial charge on any atom is -0.497 e. The molecule has 0 saturated heterocycles. The first-order chi connectivity index (χ1) is 7.76. The fraction of sp³-hybridized carbons (Fsp3) is 0.538. The lowest BCUT2D eigenvalue weighted by molar-refractivity contribution is 0.162. The summed E-state index contributed by atoms with van der Waals surface area (Å²) in [7, 11) is 3.29. The van der Waals surface area contributed by atoms with Crippen molar-refractivity contribution in [1.82, 2.24) is 0 Å². The standard InChI is InChI=1S/C13H18O3/c1-15-9-6-7-11(13(8-9)16-2)10-4-3-5-12(10)14/h6-8,10,12,14H,3-5H2,1-2H3/t10-,12+/m1/s1. The minimum atomic E-state index is -0.234. The molecule has 3 nitrogen and oxygen atoms in total. The van der Waals surface area contributed by atoms with Crippen LogP contribution < -0.4 is 9.47 Å². The third-order valence-corrected chi connectivity index (χ3v) is 3.32. The molecule has 3 heteroatoms. The normalized spacial score (nSPS) is 24.4. The Labute approximate surface area is 96.0 Å². The topological polar surface area (TPSA) is 38.7 Å². The summed E-state index contributed by atoms with van der Waals surface area (Å²) >= 11 is 0. The van der Waals surface area contributed by atoms with Gasteiger partial charge in [-0.05, 0) is 18.9 Å². The molecule has 0 spiro atoms. The van der Waals surface area contributed by atoms with E-state index in [1.807, 2.05) is 18.2 Å². The maximum Gasteiger partial charge on any atom is 0.126 e. The summed E-state index contributed by atoms with van der Waals surface area (Å²) in [5.41, 5.74) is 1.09. The Hall–Kier alpha value is -1.22. The van der Waals surface area contributed by atoms with Crippen molar-refractivity contribution in [2.24, 2.45) is 0 Å². The van der Waals surface area contributed by atoms with Crippen LogP contribution in [0.15, 0.2) is 18.2 Å². The van der Waals surface area contributed by atoms with Gasteiger partial charge >= 0.3 is 0 Å². The maximum atomic E-state index is 9.90. The number of benzene rings is 1. The first-order valence-electron chi connectivity index (χ1n) is 5.66. The second kappa shape index (κ2) is 4.74. The highest BCUT2D eigenvalue weighted by molar-refractivity contribution is 5.43. The molecule has 2 atom stereocenters. The number of aliphatic hydroxyl groups is 1. The summed E-state index contributed by atoms with van der Waals surface area (Å²) in [6.45, 7) is 0. The van der Waals surface area contributed by atoms with Crippen molar-refractivity contribution in [3.05, 3.63) is 23.8 Å². The van der Waals surface area contributed by atoms with Gasteiger partial charge in [0.25, 0.3) is 0 Å². The molecule has 1 saturated carbocycles. The van der Waals surface area contributed by atoms with E-state index in [0.29, 0.717) is 0 Å². The highest BCUT2D eigenvalue weighted by Gasteiger charge is 2.29. The van der Waals surface area contributed by atoms with Crippen LogP contribution in [0.1, 0.15) is 30.7 Å². The molecule has 1 aliphatic rings. The summed E-state index contributed by atoms with van der Waals surface area (Å²) in [6, 6.07) is 5.79. The number of rotatable bonds is 3.